The van der Waals surface area contributed by atoms with Crippen molar-refractivity contribution >= 4 is 27.6 Å². The Labute approximate surface area is 120 Å². The molecule has 1 aliphatic rings. The first-order chi connectivity index (χ1) is 9.06. The minimum atomic E-state index is -0.379. The van der Waals surface area contributed by atoms with Gasteiger partial charge in [-0.05, 0) is 41.2 Å². The van der Waals surface area contributed by atoms with Gasteiger partial charge in [-0.2, -0.15) is 0 Å². The predicted molar refractivity (Wildman–Crippen MR) is 76.1 cm³/mol. The highest BCUT2D eigenvalue weighted by Crippen LogP contribution is 2.20. The van der Waals surface area contributed by atoms with Crippen LogP contribution >= 0.6 is 15.9 Å². The van der Waals surface area contributed by atoms with Gasteiger partial charge in [-0.15, -0.1) is 0 Å². The lowest BCUT2D eigenvalue weighted by molar-refractivity contribution is -0.0528. The Morgan fingerprint density at radius 2 is 2.42 bits per heavy atom. The molecule has 0 radical (unpaired) electrons. The molecule has 1 aliphatic heterocycles. The molecule has 5 nitrogen and oxygen atoms in total. The maximum absolute atomic E-state index is 11.9. The number of hydrogen-bond acceptors (Lipinski definition) is 5. The third-order valence-corrected chi connectivity index (χ3v) is 3.70. The average molecular weight is 329 g/mol. The fourth-order valence-electron chi connectivity index (χ4n) is 1.89. The van der Waals surface area contributed by atoms with E-state index in [-0.39, 0.29) is 18.7 Å². The molecule has 0 spiro atoms. The van der Waals surface area contributed by atoms with Gasteiger partial charge in [0.1, 0.15) is 12.7 Å². The first-order valence-electron chi connectivity index (χ1n) is 6.08. The second-order valence-electron chi connectivity index (χ2n) is 4.59. The molecule has 0 aromatic heterocycles. The summed E-state index contributed by atoms with van der Waals surface area (Å²) in [6.07, 6.45) is -0.0597. The van der Waals surface area contributed by atoms with E-state index in [0.29, 0.717) is 17.9 Å². The van der Waals surface area contributed by atoms with Crippen LogP contribution in [-0.4, -0.2) is 50.3 Å². The van der Waals surface area contributed by atoms with Gasteiger partial charge in [0.2, 0.25) is 0 Å². The van der Waals surface area contributed by atoms with Gasteiger partial charge in [-0.25, -0.2) is 4.79 Å². The highest BCUT2D eigenvalue weighted by molar-refractivity contribution is 9.10. The maximum atomic E-state index is 11.9. The molecule has 2 N–H and O–H groups in total. The van der Waals surface area contributed by atoms with Crippen molar-refractivity contribution in [3.05, 3.63) is 28.2 Å². The van der Waals surface area contributed by atoms with Gasteiger partial charge in [0.05, 0.1) is 12.2 Å². The third-order valence-electron chi connectivity index (χ3n) is 2.97. The lowest BCUT2D eigenvalue weighted by atomic mass is 10.2. The van der Waals surface area contributed by atoms with Gasteiger partial charge in [-0.3, -0.25) is 0 Å². The van der Waals surface area contributed by atoms with E-state index in [4.69, 9.17) is 15.2 Å². The fraction of sp³-hybridized carbons (Fsp3) is 0.462. The first kappa shape index (κ1) is 14.3. The molecule has 6 heteroatoms. The number of nitrogen functional groups attached to an aromatic ring is 1. The van der Waals surface area contributed by atoms with Crippen molar-refractivity contribution in [1.29, 1.82) is 0 Å². The van der Waals surface area contributed by atoms with Crippen LogP contribution in [0.1, 0.15) is 10.4 Å². The fourth-order valence-corrected chi connectivity index (χ4v) is 2.14. The molecule has 0 bridgehead atoms. The summed E-state index contributed by atoms with van der Waals surface area (Å²) in [6.45, 7) is 2.62. The summed E-state index contributed by atoms with van der Waals surface area (Å²) < 4.78 is 11.5. The summed E-state index contributed by atoms with van der Waals surface area (Å²) in [4.78, 5) is 14.0. The minimum Gasteiger partial charge on any atom is -0.459 e. The van der Waals surface area contributed by atoms with Gasteiger partial charge in [0, 0.05) is 23.2 Å². The number of likely N-dealkylation sites (N-methyl/N-ethyl adjacent to an activating group) is 1. The third kappa shape index (κ3) is 3.92. The van der Waals surface area contributed by atoms with Crippen LogP contribution in [0.5, 0.6) is 0 Å². The quantitative estimate of drug-likeness (QED) is 0.673. The number of rotatable bonds is 3. The number of carbonyl (C=O) groups excluding carboxylic acids is 1. The molecular formula is C13H17BrN2O3. The number of anilines is 1. The number of ether oxygens (including phenoxy) is 2. The number of esters is 1. The lowest BCUT2D eigenvalue weighted by Crippen LogP contribution is -2.42. The summed E-state index contributed by atoms with van der Waals surface area (Å²) in [5.41, 5.74) is 6.70. The Bertz CT molecular complexity index is 467. The van der Waals surface area contributed by atoms with Crippen molar-refractivity contribution in [2.24, 2.45) is 0 Å². The van der Waals surface area contributed by atoms with Gasteiger partial charge in [0.25, 0.3) is 0 Å². The molecular weight excluding hydrogens is 312 g/mol. The number of nitrogens with two attached hydrogens (primary N) is 1. The highest BCUT2D eigenvalue weighted by Gasteiger charge is 2.19. The molecule has 1 fully saturated rings. The molecule has 1 saturated heterocycles. The maximum Gasteiger partial charge on any atom is 0.338 e. The number of halogens is 1. The summed E-state index contributed by atoms with van der Waals surface area (Å²) in [6, 6.07) is 5.01. The summed E-state index contributed by atoms with van der Waals surface area (Å²) in [5.74, 6) is -0.379. The van der Waals surface area contributed by atoms with E-state index in [9.17, 15) is 4.79 Å². The van der Waals surface area contributed by atoms with Crippen LogP contribution in [0.15, 0.2) is 22.7 Å². The smallest absolute Gasteiger partial charge is 0.338 e. The summed E-state index contributed by atoms with van der Waals surface area (Å²) >= 11 is 3.28. The molecule has 19 heavy (non-hydrogen) atoms. The number of benzene rings is 1. The Balaban J connectivity index is 1.88. The van der Waals surface area contributed by atoms with Crippen LogP contribution in [0.3, 0.4) is 0 Å². The van der Waals surface area contributed by atoms with Crippen LogP contribution < -0.4 is 5.73 Å². The second kappa shape index (κ2) is 6.36. The van der Waals surface area contributed by atoms with Crippen molar-refractivity contribution in [2.75, 3.05) is 39.1 Å². The van der Waals surface area contributed by atoms with Gasteiger partial charge in [-0.1, -0.05) is 0 Å². The van der Waals surface area contributed by atoms with E-state index in [2.05, 4.69) is 20.8 Å². The molecule has 0 amide bonds. The first-order valence-corrected chi connectivity index (χ1v) is 6.88. The topological polar surface area (TPSA) is 64.8 Å². The highest BCUT2D eigenvalue weighted by atomic mass is 79.9. The van der Waals surface area contributed by atoms with E-state index in [0.717, 1.165) is 17.6 Å². The second-order valence-corrected chi connectivity index (χ2v) is 5.44. The van der Waals surface area contributed by atoms with Gasteiger partial charge >= 0.3 is 5.97 Å². The van der Waals surface area contributed by atoms with Crippen molar-refractivity contribution in [2.45, 2.75) is 6.10 Å². The van der Waals surface area contributed by atoms with Crippen LogP contribution in [-0.2, 0) is 9.47 Å². The van der Waals surface area contributed by atoms with Gasteiger partial charge in [0.15, 0.2) is 0 Å². The van der Waals surface area contributed by atoms with Crippen LogP contribution in [0.25, 0.3) is 0 Å². The Kier molecular flexibility index (Phi) is 4.79. The molecule has 2 rings (SSSR count). The molecule has 1 heterocycles. The van der Waals surface area contributed by atoms with Crippen molar-refractivity contribution < 1.29 is 14.3 Å². The molecule has 1 atom stereocenters. The molecule has 0 aliphatic carbocycles. The van der Waals surface area contributed by atoms with E-state index in [1.807, 2.05) is 7.05 Å². The standard InChI is InChI=1S/C13H17BrN2O3/c1-16-4-5-18-10(7-16)8-19-13(17)9-2-3-11(14)12(15)6-9/h2-3,6,10H,4-5,7-8,15H2,1H3. The van der Waals surface area contributed by atoms with Crippen molar-refractivity contribution in [3.63, 3.8) is 0 Å². The zero-order valence-corrected chi connectivity index (χ0v) is 12.4. The summed E-state index contributed by atoms with van der Waals surface area (Å²) in [7, 11) is 2.02. The Hall–Kier alpha value is -1.11. The average Bonchev–Trinajstić information content (AvgIpc) is 2.39. The molecule has 1 aromatic rings. The van der Waals surface area contributed by atoms with Crippen molar-refractivity contribution in [1.82, 2.24) is 4.90 Å². The monoisotopic (exact) mass is 328 g/mol. The van der Waals surface area contributed by atoms with Crippen LogP contribution in [0.4, 0.5) is 5.69 Å². The lowest BCUT2D eigenvalue weighted by Gasteiger charge is -2.29. The number of nitrogens with zero attached hydrogens (tertiary/aromatic N) is 1. The van der Waals surface area contributed by atoms with Crippen LogP contribution in [0, 0.1) is 0 Å². The van der Waals surface area contributed by atoms with E-state index >= 15 is 0 Å². The minimum absolute atomic E-state index is 0.0597. The SMILES string of the molecule is CN1CCOC(COC(=O)c2ccc(Br)c(N)c2)C1. The normalized spacial score (nSPS) is 20.2. The summed E-state index contributed by atoms with van der Waals surface area (Å²) in [5, 5.41) is 0. The Morgan fingerprint density at radius 3 is 3.11 bits per heavy atom. The molecule has 1 unspecified atom stereocenters. The van der Waals surface area contributed by atoms with Crippen LogP contribution in [0.2, 0.25) is 0 Å². The number of hydrogen-bond donors (Lipinski definition) is 1. The Morgan fingerprint density at radius 1 is 1.63 bits per heavy atom. The number of carbonyl (C=O) groups is 1. The van der Waals surface area contributed by atoms with E-state index in [1.165, 1.54) is 0 Å². The van der Waals surface area contributed by atoms with Gasteiger partial charge < -0.3 is 20.1 Å². The zero-order valence-electron chi connectivity index (χ0n) is 10.8. The number of morpholine rings is 1. The molecule has 104 valence electrons. The van der Waals surface area contributed by atoms with E-state index in [1.54, 1.807) is 18.2 Å². The molecule has 0 saturated carbocycles. The predicted octanol–water partition coefficient (Wildman–Crippen LogP) is 1.52. The zero-order chi connectivity index (χ0) is 13.8. The van der Waals surface area contributed by atoms with E-state index < -0.39 is 0 Å². The van der Waals surface area contributed by atoms with Crippen molar-refractivity contribution in [3.8, 4) is 0 Å². The largest absolute Gasteiger partial charge is 0.459 e. The molecule has 1 aromatic carbocycles.